The van der Waals surface area contributed by atoms with Gasteiger partial charge < -0.3 is 15.2 Å². The molecule has 2 fully saturated rings. The highest BCUT2D eigenvalue weighted by molar-refractivity contribution is 5.79. The van der Waals surface area contributed by atoms with Crippen LogP contribution in [0.15, 0.2) is 6.20 Å². The Morgan fingerprint density at radius 3 is 2.85 bits per heavy atom. The molecule has 27 heavy (non-hydrogen) atoms. The van der Waals surface area contributed by atoms with Gasteiger partial charge in [-0.05, 0) is 38.5 Å². The van der Waals surface area contributed by atoms with Crippen LogP contribution in [0.5, 0.6) is 0 Å². The number of carbonyl (C=O) groups excluding carboxylic acids is 1. The Morgan fingerprint density at radius 1 is 1.30 bits per heavy atom. The number of rotatable bonds is 8. The van der Waals surface area contributed by atoms with Crippen LogP contribution < -0.4 is 5.32 Å². The molecular formula is C20H34N4O3. The molecule has 1 saturated carbocycles. The van der Waals surface area contributed by atoms with Crippen LogP contribution in [-0.4, -0.2) is 50.9 Å². The predicted molar refractivity (Wildman–Crippen MR) is 102 cm³/mol. The standard InChI is InChI=1S/C20H34N4O3/c1-2-6-16-13-24(23-22-16)12-11-17-9-10-18(19(14-25)27-17)21-20(26)15-7-4-3-5-8-15/h13,15,17-19,25H,2-12,14H2,1H3,(H,21,26)/t17-,18-,19-/m1/s1. The lowest BCUT2D eigenvalue weighted by Crippen LogP contribution is -2.52. The van der Waals surface area contributed by atoms with Crippen LogP contribution >= 0.6 is 0 Å². The number of aryl methyl sites for hydroxylation is 2. The molecule has 1 aliphatic carbocycles. The number of ether oxygens (including phenoxy) is 1. The summed E-state index contributed by atoms with van der Waals surface area (Å²) >= 11 is 0. The van der Waals surface area contributed by atoms with Crippen molar-refractivity contribution < 1.29 is 14.6 Å². The first-order chi connectivity index (χ1) is 13.2. The van der Waals surface area contributed by atoms with Gasteiger partial charge >= 0.3 is 0 Å². The van der Waals surface area contributed by atoms with Gasteiger partial charge in [0.05, 0.1) is 24.4 Å². The zero-order valence-corrected chi connectivity index (χ0v) is 16.5. The van der Waals surface area contributed by atoms with Gasteiger partial charge in [-0.1, -0.05) is 37.8 Å². The van der Waals surface area contributed by atoms with Gasteiger partial charge in [0, 0.05) is 18.7 Å². The summed E-state index contributed by atoms with van der Waals surface area (Å²) in [6, 6.07) is -0.0804. The first-order valence-corrected chi connectivity index (χ1v) is 10.6. The van der Waals surface area contributed by atoms with Crippen molar-refractivity contribution in [2.24, 2.45) is 5.92 Å². The Kier molecular flexibility index (Phi) is 7.64. The highest BCUT2D eigenvalue weighted by Crippen LogP contribution is 2.26. The highest BCUT2D eigenvalue weighted by atomic mass is 16.5. The van der Waals surface area contributed by atoms with E-state index in [0.717, 1.165) is 70.0 Å². The zero-order valence-electron chi connectivity index (χ0n) is 16.5. The maximum absolute atomic E-state index is 12.5. The number of hydrogen-bond donors (Lipinski definition) is 2. The van der Waals surface area contributed by atoms with E-state index in [9.17, 15) is 9.90 Å². The molecule has 1 aromatic rings. The summed E-state index contributed by atoms with van der Waals surface area (Å²) in [6.45, 7) is 2.84. The monoisotopic (exact) mass is 378 g/mol. The number of hydrogen-bond acceptors (Lipinski definition) is 5. The second-order valence-electron chi connectivity index (χ2n) is 8.02. The second-order valence-corrected chi connectivity index (χ2v) is 8.02. The van der Waals surface area contributed by atoms with Crippen LogP contribution in [0.2, 0.25) is 0 Å². The number of nitrogens with zero attached hydrogens (tertiary/aromatic N) is 3. The van der Waals surface area contributed by atoms with E-state index in [2.05, 4.69) is 22.6 Å². The number of nitrogens with one attached hydrogen (secondary N) is 1. The van der Waals surface area contributed by atoms with E-state index in [4.69, 9.17) is 4.74 Å². The van der Waals surface area contributed by atoms with Crippen LogP contribution in [0.25, 0.3) is 0 Å². The lowest BCUT2D eigenvalue weighted by Gasteiger charge is -2.37. The average molecular weight is 379 g/mol. The Labute approximate surface area is 161 Å². The van der Waals surface area contributed by atoms with Crippen molar-refractivity contribution in [2.45, 2.75) is 95.9 Å². The molecule has 152 valence electrons. The Morgan fingerprint density at radius 2 is 2.11 bits per heavy atom. The molecule has 0 unspecified atom stereocenters. The number of aromatic nitrogens is 3. The molecule has 2 aliphatic rings. The van der Waals surface area contributed by atoms with Gasteiger partial charge in [0.15, 0.2) is 0 Å². The molecule has 7 heteroatoms. The predicted octanol–water partition coefficient (Wildman–Crippen LogP) is 2.23. The SMILES string of the molecule is CCCc1cn(CC[C@H]2CC[C@@H](NC(=O)C3CCCCC3)[C@@H](CO)O2)nn1. The normalized spacial score (nSPS) is 26.8. The zero-order chi connectivity index (χ0) is 19.1. The molecule has 1 amide bonds. The van der Waals surface area contributed by atoms with Crippen LogP contribution in [-0.2, 0) is 22.5 Å². The van der Waals surface area contributed by atoms with Crippen molar-refractivity contribution >= 4 is 5.91 Å². The molecule has 0 aromatic carbocycles. The van der Waals surface area contributed by atoms with Gasteiger partial charge in [-0.2, -0.15) is 0 Å². The number of aliphatic hydroxyl groups excluding tert-OH is 1. The molecule has 2 heterocycles. The van der Waals surface area contributed by atoms with Gasteiger partial charge in [-0.25, -0.2) is 0 Å². The van der Waals surface area contributed by atoms with Crippen molar-refractivity contribution in [3.05, 3.63) is 11.9 Å². The van der Waals surface area contributed by atoms with Gasteiger partial charge in [0.25, 0.3) is 0 Å². The summed E-state index contributed by atoms with van der Waals surface area (Å²) in [7, 11) is 0. The Balaban J connectivity index is 1.44. The Bertz CT molecular complexity index is 586. The fourth-order valence-electron chi connectivity index (χ4n) is 4.27. The van der Waals surface area contributed by atoms with Crippen molar-refractivity contribution in [2.75, 3.05) is 6.61 Å². The van der Waals surface area contributed by atoms with Crippen LogP contribution in [0.4, 0.5) is 0 Å². The summed E-state index contributed by atoms with van der Waals surface area (Å²) in [5.74, 6) is 0.284. The van der Waals surface area contributed by atoms with Crippen LogP contribution in [0.3, 0.4) is 0 Å². The minimum absolute atomic E-state index is 0.0594. The summed E-state index contributed by atoms with van der Waals surface area (Å²) < 4.78 is 7.96. The lowest BCUT2D eigenvalue weighted by molar-refractivity contribution is -0.133. The van der Waals surface area contributed by atoms with E-state index >= 15 is 0 Å². The fourth-order valence-corrected chi connectivity index (χ4v) is 4.27. The Hall–Kier alpha value is -1.47. The van der Waals surface area contributed by atoms with E-state index in [1.807, 2.05) is 10.9 Å². The molecule has 1 aromatic heterocycles. The van der Waals surface area contributed by atoms with Crippen LogP contribution in [0, 0.1) is 5.92 Å². The lowest BCUT2D eigenvalue weighted by atomic mass is 9.88. The van der Waals surface area contributed by atoms with Gasteiger partial charge in [0.1, 0.15) is 6.10 Å². The van der Waals surface area contributed by atoms with Crippen molar-refractivity contribution in [3.63, 3.8) is 0 Å². The molecule has 1 saturated heterocycles. The molecule has 0 spiro atoms. The van der Waals surface area contributed by atoms with Gasteiger partial charge in [0.2, 0.25) is 5.91 Å². The number of aliphatic hydroxyl groups is 1. The van der Waals surface area contributed by atoms with Gasteiger partial charge in [-0.3, -0.25) is 9.48 Å². The topological polar surface area (TPSA) is 89.3 Å². The molecule has 3 atom stereocenters. The molecule has 1 aliphatic heterocycles. The molecule has 3 rings (SSSR count). The number of amides is 1. The third-order valence-corrected chi connectivity index (χ3v) is 5.87. The summed E-state index contributed by atoms with van der Waals surface area (Å²) in [6.07, 6.45) is 11.9. The molecular weight excluding hydrogens is 344 g/mol. The van der Waals surface area contributed by atoms with Crippen molar-refractivity contribution in [3.8, 4) is 0 Å². The average Bonchev–Trinajstić information content (AvgIpc) is 3.15. The van der Waals surface area contributed by atoms with E-state index in [1.54, 1.807) is 0 Å². The fraction of sp³-hybridized carbons (Fsp3) is 0.850. The largest absolute Gasteiger partial charge is 0.394 e. The minimum Gasteiger partial charge on any atom is -0.394 e. The van der Waals surface area contributed by atoms with Gasteiger partial charge in [-0.15, -0.1) is 5.10 Å². The first-order valence-electron chi connectivity index (χ1n) is 10.6. The van der Waals surface area contributed by atoms with E-state index < -0.39 is 0 Å². The molecule has 7 nitrogen and oxygen atoms in total. The third kappa shape index (κ3) is 5.75. The first kappa shape index (κ1) is 20.3. The maximum Gasteiger partial charge on any atom is 0.223 e. The third-order valence-electron chi connectivity index (χ3n) is 5.87. The van der Waals surface area contributed by atoms with Crippen molar-refractivity contribution in [1.82, 2.24) is 20.3 Å². The van der Waals surface area contributed by atoms with E-state index in [-0.39, 0.29) is 36.7 Å². The van der Waals surface area contributed by atoms with Crippen molar-refractivity contribution in [1.29, 1.82) is 0 Å². The summed E-state index contributed by atoms with van der Waals surface area (Å²) in [5.41, 5.74) is 1.03. The van der Waals surface area contributed by atoms with E-state index in [1.165, 1.54) is 6.42 Å². The smallest absolute Gasteiger partial charge is 0.223 e. The molecule has 0 radical (unpaired) electrons. The number of carbonyl (C=O) groups is 1. The minimum atomic E-state index is -0.317. The summed E-state index contributed by atoms with van der Waals surface area (Å²) in [4.78, 5) is 12.5. The van der Waals surface area contributed by atoms with Crippen LogP contribution in [0.1, 0.15) is 70.4 Å². The molecule has 0 bridgehead atoms. The quantitative estimate of drug-likeness (QED) is 0.724. The summed E-state index contributed by atoms with van der Waals surface area (Å²) in [5, 5.41) is 21.2. The second kappa shape index (κ2) is 10.2. The molecule has 2 N–H and O–H groups in total. The maximum atomic E-state index is 12.5. The highest BCUT2D eigenvalue weighted by Gasteiger charge is 2.33. The van der Waals surface area contributed by atoms with E-state index in [0.29, 0.717) is 0 Å².